The second-order valence-corrected chi connectivity index (χ2v) is 4.57. The Balaban J connectivity index is 2.71. The summed E-state index contributed by atoms with van der Waals surface area (Å²) in [6.45, 7) is 3.07. The van der Waals surface area contributed by atoms with Crippen LogP contribution in [0.4, 0.5) is 10.1 Å². The molecule has 0 aliphatic carbocycles. The molecule has 0 saturated carbocycles. The van der Waals surface area contributed by atoms with Gasteiger partial charge in [-0.3, -0.25) is 10.1 Å². The van der Waals surface area contributed by atoms with Gasteiger partial charge < -0.3 is 10.2 Å². The maximum absolute atomic E-state index is 13.1. The normalized spacial score (nSPS) is 12.7. The molecule has 6 heteroatoms. The topological polar surface area (TPSA) is 58.4 Å². The molecule has 1 unspecified atom stereocenters. The second-order valence-electron chi connectivity index (χ2n) is 4.57. The molecule has 1 rings (SSSR count). The first-order valence-electron chi connectivity index (χ1n) is 5.71. The van der Waals surface area contributed by atoms with Crippen LogP contribution in [-0.4, -0.2) is 36.5 Å². The molecule has 5 nitrogen and oxygen atoms in total. The van der Waals surface area contributed by atoms with E-state index in [1.807, 2.05) is 25.9 Å². The number of benzene rings is 1. The third-order valence-electron chi connectivity index (χ3n) is 2.52. The number of likely N-dealkylation sites (N-methyl/N-ethyl adjacent to an activating group) is 1. The van der Waals surface area contributed by atoms with E-state index in [0.29, 0.717) is 5.56 Å². The summed E-state index contributed by atoms with van der Waals surface area (Å²) >= 11 is 0. The monoisotopic (exact) mass is 255 g/mol. The number of nitrogens with one attached hydrogen (secondary N) is 1. The van der Waals surface area contributed by atoms with Crippen LogP contribution in [0.5, 0.6) is 0 Å². The highest BCUT2D eigenvalue weighted by Gasteiger charge is 2.14. The van der Waals surface area contributed by atoms with Gasteiger partial charge in [-0.25, -0.2) is 4.39 Å². The lowest BCUT2D eigenvalue weighted by atomic mass is 10.1. The zero-order valence-corrected chi connectivity index (χ0v) is 10.8. The number of rotatable bonds is 6. The molecule has 0 aliphatic rings. The number of hydrogen-bond donors (Lipinski definition) is 1. The van der Waals surface area contributed by atoms with E-state index in [0.717, 1.165) is 12.6 Å². The zero-order chi connectivity index (χ0) is 13.7. The van der Waals surface area contributed by atoms with Crippen LogP contribution < -0.4 is 5.32 Å². The van der Waals surface area contributed by atoms with Crippen LogP contribution in [0.1, 0.15) is 12.5 Å². The fourth-order valence-corrected chi connectivity index (χ4v) is 1.77. The van der Waals surface area contributed by atoms with Crippen molar-refractivity contribution in [1.29, 1.82) is 0 Å². The largest absolute Gasteiger partial charge is 0.309 e. The van der Waals surface area contributed by atoms with E-state index >= 15 is 0 Å². The summed E-state index contributed by atoms with van der Waals surface area (Å²) in [5, 5.41) is 13.9. The summed E-state index contributed by atoms with van der Waals surface area (Å²) < 4.78 is 13.1. The van der Waals surface area contributed by atoms with Crippen molar-refractivity contribution >= 4 is 5.69 Å². The molecule has 100 valence electrons. The minimum atomic E-state index is -0.493. The van der Waals surface area contributed by atoms with E-state index in [1.54, 1.807) is 0 Å². The lowest BCUT2D eigenvalue weighted by Gasteiger charge is -2.18. The van der Waals surface area contributed by atoms with Crippen LogP contribution in [0.2, 0.25) is 0 Å². The summed E-state index contributed by atoms with van der Waals surface area (Å²) in [4.78, 5) is 12.3. The Morgan fingerprint density at radius 2 is 2.17 bits per heavy atom. The number of hydrogen-bond acceptors (Lipinski definition) is 4. The summed E-state index contributed by atoms with van der Waals surface area (Å²) in [7, 11) is 3.89. The van der Waals surface area contributed by atoms with Gasteiger partial charge in [-0.1, -0.05) is 0 Å². The van der Waals surface area contributed by atoms with Gasteiger partial charge in [-0.05, 0) is 33.2 Å². The molecular weight excluding hydrogens is 237 g/mol. The fraction of sp³-hybridized carbons (Fsp3) is 0.500. The molecule has 0 spiro atoms. The first kappa shape index (κ1) is 14.5. The summed E-state index contributed by atoms with van der Waals surface area (Å²) in [6.07, 6.45) is 0. The quantitative estimate of drug-likeness (QED) is 0.621. The lowest BCUT2D eigenvalue weighted by Crippen LogP contribution is -2.35. The second kappa shape index (κ2) is 6.42. The van der Waals surface area contributed by atoms with Gasteiger partial charge in [0, 0.05) is 30.8 Å². The highest BCUT2D eigenvalue weighted by molar-refractivity contribution is 5.40. The Morgan fingerprint density at radius 1 is 1.50 bits per heavy atom. The number of nitrogens with zero attached hydrogens (tertiary/aromatic N) is 2. The van der Waals surface area contributed by atoms with Gasteiger partial charge in [0.25, 0.3) is 5.69 Å². The summed E-state index contributed by atoms with van der Waals surface area (Å²) in [6, 6.07) is 3.67. The predicted octanol–water partition coefficient (Wildman–Crippen LogP) is 1.77. The van der Waals surface area contributed by atoms with Crippen LogP contribution >= 0.6 is 0 Å². The van der Waals surface area contributed by atoms with Gasteiger partial charge in [-0.2, -0.15) is 0 Å². The molecule has 1 atom stereocenters. The lowest BCUT2D eigenvalue weighted by molar-refractivity contribution is -0.385. The number of nitro benzene ring substituents is 1. The van der Waals surface area contributed by atoms with E-state index < -0.39 is 10.7 Å². The maximum Gasteiger partial charge on any atom is 0.274 e. The first-order chi connectivity index (χ1) is 8.40. The van der Waals surface area contributed by atoms with Crippen LogP contribution in [-0.2, 0) is 6.54 Å². The van der Waals surface area contributed by atoms with Crippen molar-refractivity contribution in [2.24, 2.45) is 0 Å². The molecule has 1 N–H and O–H groups in total. The molecule has 0 heterocycles. The van der Waals surface area contributed by atoms with E-state index in [9.17, 15) is 14.5 Å². The van der Waals surface area contributed by atoms with E-state index in [4.69, 9.17) is 0 Å². The molecule has 0 saturated heterocycles. The van der Waals surface area contributed by atoms with Gasteiger partial charge in [0.05, 0.1) is 4.92 Å². The third-order valence-corrected chi connectivity index (χ3v) is 2.52. The Kier molecular flexibility index (Phi) is 5.18. The molecular formula is C12H18FN3O2. The van der Waals surface area contributed by atoms with Crippen molar-refractivity contribution in [2.75, 3.05) is 20.6 Å². The van der Waals surface area contributed by atoms with Gasteiger partial charge in [0.1, 0.15) is 5.82 Å². The van der Waals surface area contributed by atoms with Gasteiger partial charge in [0.15, 0.2) is 0 Å². The van der Waals surface area contributed by atoms with Crippen molar-refractivity contribution in [3.8, 4) is 0 Å². The summed E-state index contributed by atoms with van der Waals surface area (Å²) in [5.41, 5.74) is 0.312. The average Bonchev–Trinajstić information content (AvgIpc) is 2.25. The predicted molar refractivity (Wildman–Crippen MR) is 67.9 cm³/mol. The van der Waals surface area contributed by atoms with Crippen molar-refractivity contribution in [3.05, 3.63) is 39.7 Å². The molecule has 0 radical (unpaired) electrons. The van der Waals surface area contributed by atoms with Crippen molar-refractivity contribution in [1.82, 2.24) is 10.2 Å². The molecule has 18 heavy (non-hydrogen) atoms. The third kappa shape index (κ3) is 4.38. The van der Waals surface area contributed by atoms with Gasteiger partial charge >= 0.3 is 0 Å². The molecule has 1 aromatic rings. The van der Waals surface area contributed by atoms with Gasteiger partial charge in [0.2, 0.25) is 0 Å². The summed E-state index contributed by atoms with van der Waals surface area (Å²) in [5.74, 6) is -0.460. The number of nitro groups is 1. The van der Waals surface area contributed by atoms with Crippen LogP contribution in [0.25, 0.3) is 0 Å². The van der Waals surface area contributed by atoms with E-state index in [-0.39, 0.29) is 18.3 Å². The van der Waals surface area contributed by atoms with Crippen LogP contribution in [0.3, 0.4) is 0 Å². The molecule has 0 bridgehead atoms. The molecule has 0 aliphatic heterocycles. The Labute approximate surface area is 106 Å². The molecule has 1 aromatic carbocycles. The van der Waals surface area contributed by atoms with Gasteiger partial charge in [-0.15, -0.1) is 0 Å². The molecule has 0 amide bonds. The van der Waals surface area contributed by atoms with Crippen molar-refractivity contribution in [2.45, 2.75) is 19.5 Å². The highest BCUT2D eigenvalue weighted by Crippen LogP contribution is 2.19. The van der Waals surface area contributed by atoms with E-state index in [1.165, 1.54) is 12.1 Å². The van der Waals surface area contributed by atoms with Crippen molar-refractivity contribution in [3.63, 3.8) is 0 Å². The SMILES string of the molecule is CC(CN(C)C)NCc1cc(F)ccc1[N+](=O)[O-]. The minimum Gasteiger partial charge on any atom is -0.309 e. The van der Waals surface area contributed by atoms with E-state index in [2.05, 4.69) is 5.32 Å². The molecule has 0 aromatic heterocycles. The van der Waals surface area contributed by atoms with Crippen LogP contribution in [0.15, 0.2) is 18.2 Å². The Morgan fingerprint density at radius 3 is 2.72 bits per heavy atom. The highest BCUT2D eigenvalue weighted by atomic mass is 19.1. The van der Waals surface area contributed by atoms with Crippen molar-refractivity contribution < 1.29 is 9.31 Å². The minimum absolute atomic E-state index is 0.0547. The molecule has 0 fully saturated rings. The average molecular weight is 255 g/mol. The first-order valence-corrected chi connectivity index (χ1v) is 5.71. The smallest absolute Gasteiger partial charge is 0.274 e. The van der Waals surface area contributed by atoms with Crippen LogP contribution in [0, 0.1) is 15.9 Å². The Hall–Kier alpha value is -1.53. The standard InChI is InChI=1S/C12H18FN3O2/c1-9(8-15(2)3)14-7-10-6-11(13)4-5-12(10)16(17)18/h4-6,9,14H,7-8H2,1-3H3. The Bertz CT molecular complexity index is 424. The number of halogens is 1. The fourth-order valence-electron chi connectivity index (χ4n) is 1.77. The zero-order valence-electron chi connectivity index (χ0n) is 10.8. The maximum atomic E-state index is 13.1.